The van der Waals surface area contributed by atoms with Crippen LogP contribution in [0.3, 0.4) is 0 Å². The van der Waals surface area contributed by atoms with Crippen molar-refractivity contribution in [2.24, 2.45) is 5.73 Å². The number of urea groups is 1. The van der Waals surface area contributed by atoms with Gasteiger partial charge in [0.2, 0.25) is 11.8 Å². The van der Waals surface area contributed by atoms with Gasteiger partial charge in [0.25, 0.3) is 0 Å². The maximum Gasteiger partial charge on any atom is 0.326 e. The van der Waals surface area contributed by atoms with E-state index < -0.39 is 35.9 Å². The van der Waals surface area contributed by atoms with Gasteiger partial charge >= 0.3 is 12.0 Å². The Balaban J connectivity index is 2.80. The van der Waals surface area contributed by atoms with E-state index >= 15 is 0 Å². The van der Waals surface area contributed by atoms with Crippen LogP contribution in [0.2, 0.25) is 0 Å². The van der Waals surface area contributed by atoms with E-state index in [0.29, 0.717) is 0 Å². The van der Waals surface area contributed by atoms with Gasteiger partial charge in [0, 0.05) is 13.1 Å². The summed E-state index contributed by atoms with van der Waals surface area (Å²) in [5, 5.41) is 13.7. The molecule has 4 amide bonds. The van der Waals surface area contributed by atoms with Crippen LogP contribution in [0.4, 0.5) is 4.79 Å². The fraction of sp³-hybridized carbons (Fsp3) is 0.636. The van der Waals surface area contributed by atoms with Crippen LogP contribution < -0.4 is 16.4 Å². The summed E-state index contributed by atoms with van der Waals surface area (Å²) in [6.45, 7) is 3.62. The molecular weight excluding hydrogens is 268 g/mol. The standard InChI is InChI=1S/C11H18N4O5/c1-11(2)9(19)13-3-4-15(11)10(20)14-6(8(17)18)5-7(12)16/h6H,3-5H2,1-2H3,(H2,12,16)(H,13,19)(H,14,20)(H,17,18)/t6-/m0/s1. The highest BCUT2D eigenvalue weighted by Gasteiger charge is 2.41. The van der Waals surface area contributed by atoms with E-state index in [1.807, 2.05) is 0 Å². The Bertz CT molecular complexity index is 448. The van der Waals surface area contributed by atoms with Gasteiger partial charge in [-0.1, -0.05) is 0 Å². The van der Waals surface area contributed by atoms with Gasteiger partial charge in [-0.15, -0.1) is 0 Å². The first-order valence-corrected chi connectivity index (χ1v) is 6.03. The van der Waals surface area contributed by atoms with Crippen molar-refractivity contribution in [3.63, 3.8) is 0 Å². The molecule has 1 heterocycles. The van der Waals surface area contributed by atoms with Crippen molar-refractivity contribution in [2.75, 3.05) is 13.1 Å². The third-order valence-electron chi connectivity index (χ3n) is 3.10. The lowest BCUT2D eigenvalue weighted by atomic mass is 9.99. The van der Waals surface area contributed by atoms with Crippen molar-refractivity contribution < 1.29 is 24.3 Å². The van der Waals surface area contributed by atoms with Crippen LogP contribution in [0.25, 0.3) is 0 Å². The molecule has 112 valence electrons. The SMILES string of the molecule is CC1(C)C(=O)NCCN1C(=O)N[C@@H](CC(N)=O)C(=O)O. The minimum atomic E-state index is -1.42. The molecule has 1 aliphatic heterocycles. The molecule has 9 heteroatoms. The second-order valence-corrected chi connectivity index (χ2v) is 4.98. The molecule has 0 aromatic heterocycles. The molecule has 0 radical (unpaired) electrons. The van der Waals surface area contributed by atoms with E-state index in [4.69, 9.17) is 10.8 Å². The number of nitrogens with zero attached hydrogens (tertiary/aromatic N) is 1. The van der Waals surface area contributed by atoms with Crippen molar-refractivity contribution >= 4 is 23.8 Å². The van der Waals surface area contributed by atoms with Gasteiger partial charge in [-0.3, -0.25) is 9.59 Å². The lowest BCUT2D eigenvalue weighted by Gasteiger charge is -2.41. The maximum atomic E-state index is 12.1. The number of amides is 4. The van der Waals surface area contributed by atoms with Crippen LogP contribution in [0.5, 0.6) is 0 Å². The molecule has 0 unspecified atom stereocenters. The van der Waals surface area contributed by atoms with Gasteiger partial charge < -0.3 is 26.4 Å². The first kappa shape index (κ1) is 15.7. The van der Waals surface area contributed by atoms with Gasteiger partial charge in [0.15, 0.2) is 0 Å². The van der Waals surface area contributed by atoms with Gasteiger partial charge in [-0.25, -0.2) is 9.59 Å². The number of hydrogen-bond donors (Lipinski definition) is 4. The zero-order valence-electron chi connectivity index (χ0n) is 11.3. The summed E-state index contributed by atoms with van der Waals surface area (Å²) >= 11 is 0. The first-order valence-electron chi connectivity index (χ1n) is 6.03. The Labute approximate surface area is 115 Å². The summed E-state index contributed by atoms with van der Waals surface area (Å²) in [6, 6.07) is -2.14. The van der Waals surface area contributed by atoms with E-state index in [2.05, 4.69) is 10.6 Å². The van der Waals surface area contributed by atoms with Gasteiger partial charge in [0.1, 0.15) is 11.6 Å². The highest BCUT2D eigenvalue weighted by atomic mass is 16.4. The molecule has 0 spiro atoms. The van der Waals surface area contributed by atoms with Gasteiger partial charge in [-0.2, -0.15) is 0 Å². The third kappa shape index (κ3) is 3.37. The summed E-state index contributed by atoms with van der Waals surface area (Å²) in [7, 11) is 0. The average molecular weight is 286 g/mol. The molecule has 20 heavy (non-hydrogen) atoms. The minimum absolute atomic E-state index is 0.244. The molecule has 9 nitrogen and oxygen atoms in total. The maximum absolute atomic E-state index is 12.1. The highest BCUT2D eigenvalue weighted by molar-refractivity contribution is 5.93. The number of piperazine rings is 1. The Hall–Kier alpha value is -2.32. The van der Waals surface area contributed by atoms with Crippen LogP contribution in [0.15, 0.2) is 0 Å². The van der Waals surface area contributed by atoms with Crippen LogP contribution in [0, 0.1) is 0 Å². The zero-order chi connectivity index (χ0) is 15.5. The average Bonchev–Trinajstić information content (AvgIpc) is 2.30. The second-order valence-electron chi connectivity index (χ2n) is 4.98. The largest absolute Gasteiger partial charge is 0.480 e. The molecule has 1 rings (SSSR count). The van der Waals surface area contributed by atoms with Gasteiger partial charge in [0.05, 0.1) is 6.42 Å². The van der Waals surface area contributed by atoms with Crippen molar-refractivity contribution in [2.45, 2.75) is 31.8 Å². The highest BCUT2D eigenvalue weighted by Crippen LogP contribution is 2.17. The number of aliphatic carboxylic acids is 1. The number of rotatable bonds is 4. The molecule has 0 aliphatic carbocycles. The molecule has 0 aromatic carbocycles. The van der Waals surface area contributed by atoms with E-state index in [9.17, 15) is 19.2 Å². The molecule has 0 saturated carbocycles. The molecule has 0 bridgehead atoms. The zero-order valence-corrected chi connectivity index (χ0v) is 11.3. The topological polar surface area (TPSA) is 142 Å². The Morgan fingerprint density at radius 2 is 2.10 bits per heavy atom. The molecule has 0 aromatic rings. The molecule has 5 N–H and O–H groups in total. The van der Waals surface area contributed by atoms with E-state index in [1.165, 1.54) is 4.90 Å². The summed E-state index contributed by atoms with van der Waals surface area (Å²) in [4.78, 5) is 46.7. The lowest BCUT2D eigenvalue weighted by Crippen LogP contribution is -2.66. The summed E-state index contributed by atoms with van der Waals surface area (Å²) in [5.74, 6) is -2.54. The van der Waals surface area contributed by atoms with E-state index in [0.717, 1.165) is 0 Å². The number of carboxylic acid groups (broad SMARTS) is 1. The Morgan fingerprint density at radius 3 is 2.60 bits per heavy atom. The predicted molar refractivity (Wildman–Crippen MR) is 67.6 cm³/mol. The smallest absolute Gasteiger partial charge is 0.326 e. The lowest BCUT2D eigenvalue weighted by molar-refractivity contribution is -0.141. The van der Waals surface area contributed by atoms with Crippen molar-refractivity contribution in [1.29, 1.82) is 0 Å². The quantitative estimate of drug-likeness (QED) is 0.484. The Kier molecular flexibility index (Phi) is 4.53. The number of hydrogen-bond acceptors (Lipinski definition) is 4. The van der Waals surface area contributed by atoms with Gasteiger partial charge in [-0.05, 0) is 13.8 Å². The molecule has 1 fully saturated rings. The molecule has 1 aliphatic rings. The van der Waals surface area contributed by atoms with Crippen LogP contribution >= 0.6 is 0 Å². The predicted octanol–water partition coefficient (Wildman–Crippen LogP) is -1.76. The monoisotopic (exact) mass is 286 g/mol. The molecule has 1 atom stereocenters. The normalized spacial score (nSPS) is 18.9. The summed E-state index contributed by atoms with van der Waals surface area (Å²) < 4.78 is 0. The Morgan fingerprint density at radius 1 is 1.50 bits per heavy atom. The van der Waals surface area contributed by atoms with Crippen molar-refractivity contribution in [3.8, 4) is 0 Å². The minimum Gasteiger partial charge on any atom is -0.480 e. The fourth-order valence-corrected chi connectivity index (χ4v) is 1.88. The second kappa shape index (κ2) is 5.76. The number of carbonyl (C=O) groups is 4. The summed E-state index contributed by atoms with van der Waals surface area (Å²) in [5.41, 5.74) is 3.83. The van der Waals surface area contributed by atoms with Crippen LogP contribution in [0.1, 0.15) is 20.3 Å². The number of carbonyl (C=O) groups excluding carboxylic acids is 3. The fourth-order valence-electron chi connectivity index (χ4n) is 1.88. The number of primary amides is 1. The van der Waals surface area contributed by atoms with Crippen molar-refractivity contribution in [3.05, 3.63) is 0 Å². The number of carboxylic acids is 1. The van der Waals surface area contributed by atoms with E-state index in [1.54, 1.807) is 13.8 Å². The first-order chi connectivity index (χ1) is 9.16. The van der Waals surface area contributed by atoms with Crippen LogP contribution in [-0.4, -0.2) is 58.5 Å². The summed E-state index contributed by atoms with van der Waals surface area (Å²) in [6.07, 6.45) is -0.512. The number of nitrogens with two attached hydrogens (primary N) is 1. The van der Waals surface area contributed by atoms with Crippen molar-refractivity contribution in [1.82, 2.24) is 15.5 Å². The van der Waals surface area contributed by atoms with Crippen LogP contribution in [-0.2, 0) is 14.4 Å². The number of nitrogens with one attached hydrogen (secondary N) is 2. The van der Waals surface area contributed by atoms with E-state index in [-0.39, 0.29) is 19.0 Å². The molecule has 1 saturated heterocycles. The third-order valence-corrected chi connectivity index (χ3v) is 3.10. The molecular formula is C11H18N4O5.